The molecule has 0 saturated carbocycles. The van der Waals surface area contributed by atoms with Crippen LogP contribution in [0.2, 0.25) is 0 Å². The Balaban J connectivity index is 1.94. The molecule has 0 bridgehead atoms. The van der Waals surface area contributed by atoms with Crippen molar-refractivity contribution in [2.75, 3.05) is 0 Å². The minimum atomic E-state index is 0.946. The van der Waals surface area contributed by atoms with E-state index in [9.17, 15) is 0 Å². The van der Waals surface area contributed by atoms with E-state index >= 15 is 0 Å². The molecule has 0 unspecified atom stereocenters. The Kier molecular flexibility index (Phi) is 2.18. The van der Waals surface area contributed by atoms with E-state index in [0.717, 1.165) is 15.9 Å². The number of nitrogens with zero attached hydrogens (tertiary/aromatic N) is 2. The van der Waals surface area contributed by atoms with Crippen molar-refractivity contribution >= 4 is 43.1 Å². The van der Waals surface area contributed by atoms with Crippen molar-refractivity contribution in [3.05, 3.63) is 48.1 Å². The van der Waals surface area contributed by atoms with Gasteiger partial charge in [0.1, 0.15) is 0 Å². The van der Waals surface area contributed by atoms with Gasteiger partial charge in [-0.1, -0.05) is 6.07 Å². The van der Waals surface area contributed by atoms with Crippen molar-refractivity contribution in [3.8, 4) is 10.4 Å². The molecule has 85 valence electrons. The van der Waals surface area contributed by atoms with Crippen molar-refractivity contribution in [2.45, 2.75) is 0 Å². The van der Waals surface area contributed by atoms with Crippen LogP contribution in [-0.4, -0.2) is 9.97 Å². The topological polar surface area (TPSA) is 25.8 Å². The lowest BCUT2D eigenvalue weighted by atomic mass is 10.2. The van der Waals surface area contributed by atoms with E-state index in [0.29, 0.717) is 0 Å². The Hall–Kier alpha value is -1.78. The van der Waals surface area contributed by atoms with Crippen LogP contribution in [0.1, 0.15) is 0 Å². The number of hydrogen-bond acceptors (Lipinski definition) is 4. The largest absolute Gasteiger partial charge is 0.255 e. The molecule has 2 nitrogen and oxygen atoms in total. The van der Waals surface area contributed by atoms with Crippen LogP contribution in [0.5, 0.6) is 0 Å². The highest BCUT2D eigenvalue weighted by Crippen LogP contribution is 2.33. The normalized spacial score (nSPS) is 11.3. The number of thiophene rings is 1. The Morgan fingerprint density at radius 1 is 1.06 bits per heavy atom. The van der Waals surface area contributed by atoms with Crippen molar-refractivity contribution in [2.24, 2.45) is 0 Å². The summed E-state index contributed by atoms with van der Waals surface area (Å²) < 4.78 is 2.39. The number of benzene rings is 1. The first-order valence-corrected chi connectivity index (χ1v) is 7.20. The van der Waals surface area contributed by atoms with Crippen LogP contribution in [0.3, 0.4) is 0 Å². The summed E-state index contributed by atoms with van der Waals surface area (Å²) in [5, 5.41) is 0. The predicted octanol–water partition coefficient (Wildman–Crippen LogP) is 4.37. The van der Waals surface area contributed by atoms with Crippen LogP contribution in [0.4, 0.5) is 0 Å². The first kappa shape index (κ1) is 10.2. The zero-order chi connectivity index (χ0) is 11.9. The van der Waals surface area contributed by atoms with Crippen LogP contribution in [-0.2, 0) is 0 Å². The number of aromatic nitrogens is 2. The molecule has 0 aliphatic carbocycles. The Labute approximate surface area is 112 Å². The Morgan fingerprint density at radius 3 is 3.00 bits per heavy atom. The fourth-order valence-electron chi connectivity index (χ4n) is 1.94. The number of hydrogen-bond donors (Lipinski definition) is 0. The molecule has 0 aliphatic rings. The Bertz CT molecular complexity index is 812. The maximum absolute atomic E-state index is 4.32. The zero-order valence-electron chi connectivity index (χ0n) is 9.25. The lowest BCUT2D eigenvalue weighted by molar-refractivity contribution is 1.43. The van der Waals surface area contributed by atoms with Gasteiger partial charge in [-0.15, -0.1) is 22.7 Å². The van der Waals surface area contributed by atoms with Gasteiger partial charge in [-0.2, -0.15) is 0 Å². The maximum atomic E-state index is 4.32. The first-order chi connectivity index (χ1) is 8.90. The van der Waals surface area contributed by atoms with E-state index in [4.69, 9.17) is 0 Å². The lowest BCUT2D eigenvalue weighted by Gasteiger charge is -1.95. The molecule has 0 amide bonds. The molecule has 0 N–H and O–H groups in total. The second-order valence-corrected chi connectivity index (χ2v) is 5.88. The van der Waals surface area contributed by atoms with Crippen molar-refractivity contribution < 1.29 is 0 Å². The molecule has 4 rings (SSSR count). The standard InChI is InChI=1S/C14H7N2S2/c1-2-12-11(15-5-1)7-13(18-12)9-3-4-10-14(6-9)17-8-16-10/h1-6,8H. The quantitative estimate of drug-likeness (QED) is 0.511. The summed E-state index contributed by atoms with van der Waals surface area (Å²) in [4.78, 5) is 9.76. The minimum absolute atomic E-state index is 0.946. The predicted molar refractivity (Wildman–Crippen MR) is 77.1 cm³/mol. The van der Waals surface area contributed by atoms with Gasteiger partial charge in [-0.25, -0.2) is 4.98 Å². The molecular formula is C14H7N2S2. The van der Waals surface area contributed by atoms with E-state index in [1.165, 1.54) is 15.0 Å². The molecule has 0 aliphatic heterocycles. The smallest absolute Gasteiger partial charge is 0.0895 e. The SMILES string of the molecule is [c]1c(-c2ccc3ncsc3c2)sc2cccnc12. The summed E-state index contributed by atoms with van der Waals surface area (Å²) in [7, 11) is 0. The lowest BCUT2D eigenvalue weighted by Crippen LogP contribution is -1.72. The number of thiazole rings is 1. The Morgan fingerprint density at radius 2 is 2.06 bits per heavy atom. The third-order valence-electron chi connectivity index (χ3n) is 2.81. The number of pyridine rings is 1. The molecular weight excluding hydrogens is 260 g/mol. The molecule has 4 aromatic rings. The van der Waals surface area contributed by atoms with E-state index in [1.54, 1.807) is 22.7 Å². The minimum Gasteiger partial charge on any atom is -0.255 e. The summed E-state index contributed by atoms with van der Waals surface area (Å²) >= 11 is 3.39. The first-order valence-electron chi connectivity index (χ1n) is 5.51. The monoisotopic (exact) mass is 267 g/mol. The third kappa shape index (κ3) is 1.54. The second kappa shape index (κ2) is 3.86. The van der Waals surface area contributed by atoms with Crippen molar-refractivity contribution in [3.63, 3.8) is 0 Å². The molecule has 0 spiro atoms. The van der Waals surface area contributed by atoms with Gasteiger partial charge in [0, 0.05) is 17.1 Å². The maximum Gasteiger partial charge on any atom is 0.0895 e. The van der Waals surface area contributed by atoms with E-state index in [2.05, 4.69) is 40.3 Å². The average Bonchev–Trinajstić information content (AvgIpc) is 3.04. The number of fused-ring (bicyclic) bond motifs is 2. The highest BCUT2D eigenvalue weighted by atomic mass is 32.1. The summed E-state index contributed by atoms with van der Waals surface area (Å²) in [6.07, 6.45) is 1.81. The van der Waals surface area contributed by atoms with Crippen LogP contribution in [0.25, 0.3) is 30.9 Å². The fourth-order valence-corrected chi connectivity index (χ4v) is 3.61. The van der Waals surface area contributed by atoms with E-state index < -0.39 is 0 Å². The van der Waals surface area contributed by atoms with Gasteiger partial charge in [0.25, 0.3) is 0 Å². The highest BCUT2D eigenvalue weighted by molar-refractivity contribution is 7.22. The fraction of sp³-hybridized carbons (Fsp3) is 0. The molecule has 3 aromatic heterocycles. The van der Waals surface area contributed by atoms with Crippen LogP contribution in [0.15, 0.2) is 42.0 Å². The molecule has 4 heteroatoms. The van der Waals surface area contributed by atoms with Crippen molar-refractivity contribution in [1.29, 1.82) is 0 Å². The summed E-state index contributed by atoms with van der Waals surface area (Å²) in [5.74, 6) is 0. The molecule has 0 saturated heterocycles. The molecule has 1 aromatic carbocycles. The third-order valence-corrected chi connectivity index (χ3v) is 4.69. The molecule has 0 fully saturated rings. The second-order valence-electron chi connectivity index (χ2n) is 3.94. The van der Waals surface area contributed by atoms with Gasteiger partial charge in [0.05, 0.1) is 25.9 Å². The summed E-state index contributed by atoms with van der Waals surface area (Å²) in [6, 6.07) is 13.7. The van der Waals surface area contributed by atoms with Crippen LogP contribution < -0.4 is 0 Å². The molecule has 3 heterocycles. The van der Waals surface area contributed by atoms with Gasteiger partial charge in [-0.3, -0.25) is 4.98 Å². The van der Waals surface area contributed by atoms with E-state index in [-0.39, 0.29) is 0 Å². The van der Waals surface area contributed by atoms with Gasteiger partial charge in [-0.05, 0) is 29.8 Å². The van der Waals surface area contributed by atoms with Gasteiger partial charge < -0.3 is 0 Å². The van der Waals surface area contributed by atoms with Gasteiger partial charge in [0.2, 0.25) is 0 Å². The zero-order valence-corrected chi connectivity index (χ0v) is 10.9. The molecule has 0 atom stereocenters. The summed E-state index contributed by atoms with van der Waals surface area (Å²) in [5.41, 5.74) is 5.07. The molecule has 1 radical (unpaired) electrons. The van der Waals surface area contributed by atoms with Gasteiger partial charge in [0.15, 0.2) is 0 Å². The van der Waals surface area contributed by atoms with Gasteiger partial charge >= 0.3 is 0 Å². The van der Waals surface area contributed by atoms with Crippen LogP contribution >= 0.6 is 22.7 Å². The van der Waals surface area contributed by atoms with Crippen LogP contribution in [0, 0.1) is 6.07 Å². The number of rotatable bonds is 1. The average molecular weight is 267 g/mol. The molecule has 18 heavy (non-hydrogen) atoms. The van der Waals surface area contributed by atoms with E-state index in [1.807, 2.05) is 17.8 Å². The van der Waals surface area contributed by atoms with Crippen molar-refractivity contribution in [1.82, 2.24) is 9.97 Å². The summed E-state index contributed by atoms with van der Waals surface area (Å²) in [6.45, 7) is 0. The highest BCUT2D eigenvalue weighted by Gasteiger charge is 2.06.